The smallest absolute Gasteiger partial charge is 0.364 e. The number of rotatable bonds is 5. The number of alkyl halides is 3. The third kappa shape index (κ3) is 5.47. The summed E-state index contributed by atoms with van der Waals surface area (Å²) >= 11 is 9.10. The molecule has 0 aliphatic heterocycles. The Morgan fingerprint density at radius 1 is 0.975 bits per heavy atom. The standard InChI is InChI=1S/C28H20BrClF3N5O2/c1-14-10-20-19-8-6-18(37-27(40)36-17-7-9-22(30)21(11-17)28(31,32)33)12-23(19)38(25(20)24(35-14)26(34)39)13-15-2-4-16(29)5-3-15/h2-12H,13H2,1H3,(H2,34,39)(H2,36,37,40). The first-order valence-electron chi connectivity index (χ1n) is 11.8. The minimum atomic E-state index is -4.67. The molecular formula is C28H20BrClF3N5O2. The number of nitrogens with two attached hydrogens (primary N) is 1. The molecule has 0 radical (unpaired) electrons. The van der Waals surface area contributed by atoms with Gasteiger partial charge in [0.15, 0.2) is 5.69 Å². The molecule has 0 aliphatic rings. The molecule has 2 aromatic heterocycles. The highest BCUT2D eigenvalue weighted by molar-refractivity contribution is 9.10. The van der Waals surface area contributed by atoms with Crippen molar-refractivity contribution in [1.29, 1.82) is 0 Å². The maximum absolute atomic E-state index is 13.2. The van der Waals surface area contributed by atoms with Crippen molar-refractivity contribution in [2.45, 2.75) is 19.6 Å². The summed E-state index contributed by atoms with van der Waals surface area (Å²) in [6.07, 6.45) is -4.67. The van der Waals surface area contributed by atoms with Gasteiger partial charge in [0.1, 0.15) is 0 Å². The second kappa shape index (κ2) is 10.5. The van der Waals surface area contributed by atoms with Gasteiger partial charge in [0.2, 0.25) is 0 Å². The zero-order valence-electron chi connectivity index (χ0n) is 20.7. The number of hydrogen-bond acceptors (Lipinski definition) is 3. The number of carbonyl (C=O) groups excluding carboxylic acids is 2. The van der Waals surface area contributed by atoms with Crippen LogP contribution in [0.2, 0.25) is 5.02 Å². The molecule has 0 atom stereocenters. The molecule has 0 spiro atoms. The highest BCUT2D eigenvalue weighted by atomic mass is 79.9. The SMILES string of the molecule is Cc1cc2c3ccc(NC(=O)Nc4ccc(Cl)c(C(F)(F)F)c4)cc3n(Cc3ccc(Br)cc3)c2c(C(N)=O)n1. The topological polar surface area (TPSA) is 102 Å². The number of carbonyl (C=O) groups is 2. The van der Waals surface area contributed by atoms with Gasteiger partial charge in [-0.15, -0.1) is 0 Å². The normalized spacial score (nSPS) is 11.7. The summed E-state index contributed by atoms with van der Waals surface area (Å²) in [6, 6.07) is 17.1. The van der Waals surface area contributed by atoms with Gasteiger partial charge in [0.25, 0.3) is 5.91 Å². The number of nitrogens with zero attached hydrogens (tertiary/aromatic N) is 2. The summed E-state index contributed by atoms with van der Waals surface area (Å²) < 4.78 is 42.5. The highest BCUT2D eigenvalue weighted by Gasteiger charge is 2.33. The quantitative estimate of drug-likeness (QED) is 0.185. The van der Waals surface area contributed by atoms with Crippen LogP contribution in [0.3, 0.4) is 0 Å². The van der Waals surface area contributed by atoms with Crippen LogP contribution >= 0.6 is 27.5 Å². The van der Waals surface area contributed by atoms with Crippen molar-refractivity contribution < 1.29 is 22.8 Å². The van der Waals surface area contributed by atoms with Crippen molar-refractivity contribution in [3.8, 4) is 0 Å². The van der Waals surface area contributed by atoms with Crippen molar-refractivity contribution in [3.63, 3.8) is 0 Å². The van der Waals surface area contributed by atoms with Crippen LogP contribution in [0, 0.1) is 6.92 Å². The first kappa shape index (κ1) is 27.5. The second-order valence-electron chi connectivity index (χ2n) is 9.09. The molecular weight excluding hydrogens is 611 g/mol. The van der Waals surface area contributed by atoms with E-state index in [1.807, 2.05) is 34.9 Å². The minimum Gasteiger partial charge on any atom is -0.364 e. The summed E-state index contributed by atoms with van der Waals surface area (Å²) in [7, 11) is 0. The predicted molar refractivity (Wildman–Crippen MR) is 153 cm³/mol. The summed E-state index contributed by atoms with van der Waals surface area (Å²) in [4.78, 5) is 29.5. The Morgan fingerprint density at radius 2 is 1.62 bits per heavy atom. The molecule has 0 bridgehead atoms. The fraction of sp³-hybridized carbons (Fsp3) is 0.107. The number of halogens is 5. The number of primary amides is 1. The first-order chi connectivity index (χ1) is 18.9. The number of pyridine rings is 1. The molecule has 0 saturated carbocycles. The van der Waals surface area contributed by atoms with Crippen LogP contribution in [0.15, 0.2) is 71.2 Å². The van der Waals surface area contributed by atoms with E-state index in [1.165, 1.54) is 6.07 Å². The average Bonchev–Trinajstić information content (AvgIpc) is 3.17. The molecule has 204 valence electrons. The van der Waals surface area contributed by atoms with Crippen LogP contribution in [0.5, 0.6) is 0 Å². The van der Waals surface area contributed by atoms with Crippen molar-refractivity contribution in [3.05, 3.63) is 98.7 Å². The number of aryl methyl sites for hydroxylation is 1. The van der Waals surface area contributed by atoms with Crippen molar-refractivity contribution in [2.75, 3.05) is 10.6 Å². The van der Waals surface area contributed by atoms with Gasteiger partial charge in [-0.1, -0.05) is 45.7 Å². The number of amides is 3. The second-order valence-corrected chi connectivity index (χ2v) is 10.4. The Balaban J connectivity index is 1.55. The molecule has 3 amide bonds. The Labute approximate surface area is 239 Å². The molecule has 0 unspecified atom stereocenters. The van der Waals surface area contributed by atoms with Gasteiger partial charge in [-0.05, 0) is 61.0 Å². The van der Waals surface area contributed by atoms with E-state index in [1.54, 1.807) is 25.1 Å². The summed E-state index contributed by atoms with van der Waals surface area (Å²) in [6.45, 7) is 2.14. The number of aromatic nitrogens is 2. The minimum absolute atomic E-state index is 0.0766. The van der Waals surface area contributed by atoms with E-state index in [9.17, 15) is 22.8 Å². The zero-order chi connectivity index (χ0) is 28.8. The summed E-state index contributed by atoms with van der Waals surface area (Å²) in [5, 5.41) is 6.16. The van der Waals surface area contributed by atoms with Crippen molar-refractivity contribution in [1.82, 2.24) is 9.55 Å². The maximum atomic E-state index is 13.2. The Kier molecular flexibility index (Phi) is 7.19. The van der Waals surface area contributed by atoms with Gasteiger partial charge < -0.3 is 20.9 Å². The predicted octanol–water partition coefficient (Wildman–Crippen LogP) is 7.72. The van der Waals surface area contributed by atoms with E-state index in [0.29, 0.717) is 29.0 Å². The van der Waals surface area contributed by atoms with Gasteiger partial charge in [-0.2, -0.15) is 13.2 Å². The molecule has 7 nitrogen and oxygen atoms in total. The molecule has 4 N–H and O–H groups in total. The van der Waals surface area contributed by atoms with Crippen molar-refractivity contribution in [2.24, 2.45) is 5.73 Å². The van der Waals surface area contributed by atoms with E-state index in [0.717, 1.165) is 32.9 Å². The number of nitrogens with one attached hydrogen (secondary N) is 2. The van der Waals surface area contributed by atoms with Gasteiger partial charge in [0.05, 0.1) is 21.6 Å². The van der Waals surface area contributed by atoms with E-state index in [2.05, 4.69) is 31.5 Å². The number of urea groups is 1. The van der Waals surface area contributed by atoms with Crippen LogP contribution < -0.4 is 16.4 Å². The number of fused-ring (bicyclic) bond motifs is 3. The first-order valence-corrected chi connectivity index (χ1v) is 13.0. The van der Waals surface area contributed by atoms with Gasteiger partial charge in [-0.25, -0.2) is 9.78 Å². The fourth-order valence-corrected chi connectivity index (χ4v) is 5.04. The lowest BCUT2D eigenvalue weighted by Gasteiger charge is -2.13. The number of hydrogen-bond donors (Lipinski definition) is 3. The highest BCUT2D eigenvalue weighted by Crippen LogP contribution is 2.37. The lowest BCUT2D eigenvalue weighted by atomic mass is 10.1. The van der Waals surface area contributed by atoms with Gasteiger partial charge in [0, 0.05) is 38.9 Å². The van der Waals surface area contributed by atoms with E-state index in [4.69, 9.17) is 17.3 Å². The molecule has 0 fully saturated rings. The molecule has 0 aliphatic carbocycles. The molecule has 5 rings (SSSR count). The molecule has 5 aromatic rings. The Bertz CT molecular complexity index is 1800. The third-order valence-electron chi connectivity index (χ3n) is 6.24. The van der Waals surface area contributed by atoms with Gasteiger partial charge >= 0.3 is 12.2 Å². The van der Waals surface area contributed by atoms with Crippen LogP contribution in [0.4, 0.5) is 29.3 Å². The van der Waals surface area contributed by atoms with Crippen LogP contribution in [0.1, 0.15) is 27.3 Å². The summed E-state index contributed by atoms with van der Waals surface area (Å²) in [5.41, 5.74) is 7.88. The van der Waals surface area contributed by atoms with E-state index in [-0.39, 0.29) is 11.4 Å². The average molecular weight is 631 g/mol. The monoisotopic (exact) mass is 629 g/mol. The fourth-order valence-electron chi connectivity index (χ4n) is 4.55. The number of benzene rings is 3. The molecule has 3 aromatic carbocycles. The Morgan fingerprint density at radius 3 is 2.27 bits per heavy atom. The lowest BCUT2D eigenvalue weighted by molar-refractivity contribution is -0.137. The third-order valence-corrected chi connectivity index (χ3v) is 7.10. The van der Waals surface area contributed by atoms with Crippen molar-refractivity contribution >= 4 is 72.6 Å². The number of anilines is 2. The molecule has 2 heterocycles. The molecule has 0 saturated heterocycles. The van der Waals surface area contributed by atoms with Crippen LogP contribution in [-0.4, -0.2) is 21.5 Å². The van der Waals surface area contributed by atoms with E-state index < -0.39 is 28.7 Å². The van der Waals surface area contributed by atoms with E-state index >= 15 is 0 Å². The largest absolute Gasteiger partial charge is 0.417 e. The zero-order valence-corrected chi connectivity index (χ0v) is 23.1. The lowest BCUT2D eigenvalue weighted by Crippen LogP contribution is -2.20. The molecule has 40 heavy (non-hydrogen) atoms. The van der Waals surface area contributed by atoms with Gasteiger partial charge in [-0.3, -0.25) is 4.79 Å². The van der Waals surface area contributed by atoms with Crippen LogP contribution in [0.25, 0.3) is 21.8 Å². The molecule has 12 heteroatoms. The Hall–Kier alpha value is -4.09. The summed E-state index contributed by atoms with van der Waals surface area (Å²) in [5.74, 6) is -0.674. The maximum Gasteiger partial charge on any atom is 0.417 e. The van der Waals surface area contributed by atoms with Crippen LogP contribution in [-0.2, 0) is 12.7 Å².